The van der Waals surface area contributed by atoms with Gasteiger partial charge in [-0.1, -0.05) is 11.6 Å². The van der Waals surface area contributed by atoms with Crippen molar-refractivity contribution in [2.24, 2.45) is 0 Å². The van der Waals surface area contributed by atoms with Crippen LogP contribution in [0.15, 0.2) is 36.5 Å². The molecule has 0 unspecified atom stereocenters. The third-order valence-electron chi connectivity index (χ3n) is 6.79. The summed E-state index contributed by atoms with van der Waals surface area (Å²) >= 11 is 5.92. The zero-order valence-corrected chi connectivity index (χ0v) is 20.4. The summed E-state index contributed by atoms with van der Waals surface area (Å²) in [5.74, 6) is -1.03. The molecule has 11 heteroatoms. The summed E-state index contributed by atoms with van der Waals surface area (Å²) in [6.07, 6.45) is 3.39. The second-order valence-corrected chi connectivity index (χ2v) is 10.9. The molecule has 3 aliphatic rings. The molecule has 1 aromatic heterocycles. The maximum atomic E-state index is 15.5. The van der Waals surface area contributed by atoms with E-state index >= 15 is 4.39 Å². The lowest BCUT2D eigenvalue weighted by Crippen LogP contribution is -2.47. The number of hydrogen-bond acceptors (Lipinski definition) is 5. The third kappa shape index (κ3) is 4.60. The van der Waals surface area contributed by atoms with Crippen molar-refractivity contribution >= 4 is 44.4 Å². The van der Waals surface area contributed by atoms with E-state index < -0.39 is 17.6 Å². The van der Waals surface area contributed by atoms with Crippen molar-refractivity contribution in [1.82, 2.24) is 20.5 Å². The van der Waals surface area contributed by atoms with E-state index in [4.69, 9.17) is 11.6 Å². The molecule has 4 amide bonds. The predicted molar refractivity (Wildman–Crippen MR) is 126 cm³/mol. The van der Waals surface area contributed by atoms with Gasteiger partial charge in [0.2, 0.25) is 5.91 Å². The SMILES string of the molecule is O=C1CC[C@H](N2Cc3cc(C(=O)N[C@H](c4ccc(Cl)cn4)C4(F)CCC4)ccc3C2=O)[Si]C(=O)N1. The molecular formula is C24H22ClFN4O4Si. The topological polar surface area (TPSA) is 108 Å². The average Bonchev–Trinajstić information content (AvgIpc) is 3.04. The van der Waals surface area contributed by atoms with Gasteiger partial charge in [0.1, 0.15) is 11.7 Å². The van der Waals surface area contributed by atoms with Gasteiger partial charge in [0.05, 0.1) is 10.7 Å². The summed E-state index contributed by atoms with van der Waals surface area (Å²) in [4.78, 5) is 55.6. The maximum Gasteiger partial charge on any atom is 0.254 e. The number of imide groups is 1. The first-order chi connectivity index (χ1) is 16.7. The van der Waals surface area contributed by atoms with Crippen LogP contribution in [0.3, 0.4) is 0 Å². The van der Waals surface area contributed by atoms with Gasteiger partial charge in [0, 0.05) is 36.0 Å². The number of fused-ring (bicyclic) bond motifs is 1. The molecule has 2 aliphatic heterocycles. The second-order valence-electron chi connectivity index (χ2n) is 9.08. The molecule has 0 spiro atoms. The molecular weight excluding hydrogens is 491 g/mol. The first kappa shape index (κ1) is 23.6. The van der Waals surface area contributed by atoms with Crippen molar-refractivity contribution in [3.63, 3.8) is 0 Å². The molecule has 180 valence electrons. The molecule has 2 N–H and O–H groups in total. The first-order valence-electron chi connectivity index (χ1n) is 11.4. The number of aromatic nitrogens is 1. The molecule has 5 rings (SSSR count). The van der Waals surface area contributed by atoms with Gasteiger partial charge in [-0.05, 0) is 61.6 Å². The highest BCUT2D eigenvalue weighted by Crippen LogP contribution is 2.45. The lowest BCUT2D eigenvalue weighted by atomic mass is 9.75. The van der Waals surface area contributed by atoms with E-state index in [0.717, 1.165) is 6.42 Å². The van der Waals surface area contributed by atoms with Gasteiger partial charge in [-0.15, -0.1) is 0 Å². The van der Waals surface area contributed by atoms with Crippen LogP contribution in [-0.2, 0) is 11.3 Å². The minimum absolute atomic E-state index is 0.169. The first-order valence-corrected chi connectivity index (χ1v) is 12.8. The molecule has 2 aromatic rings. The lowest BCUT2D eigenvalue weighted by Gasteiger charge is -2.40. The Labute approximate surface area is 208 Å². The molecule has 1 saturated heterocycles. The number of nitrogens with zero attached hydrogens (tertiary/aromatic N) is 2. The van der Waals surface area contributed by atoms with Crippen LogP contribution in [0.1, 0.15) is 70.1 Å². The van der Waals surface area contributed by atoms with Crippen LogP contribution in [-0.4, -0.2) is 54.0 Å². The van der Waals surface area contributed by atoms with E-state index in [2.05, 4.69) is 15.6 Å². The van der Waals surface area contributed by atoms with Crippen LogP contribution < -0.4 is 10.6 Å². The summed E-state index contributed by atoms with van der Waals surface area (Å²) in [5.41, 5.74) is -0.518. The zero-order valence-electron chi connectivity index (χ0n) is 18.6. The fourth-order valence-corrected chi connectivity index (χ4v) is 6.01. The van der Waals surface area contributed by atoms with Gasteiger partial charge in [0.15, 0.2) is 15.1 Å². The number of carbonyl (C=O) groups excluding carboxylic acids is 4. The van der Waals surface area contributed by atoms with Gasteiger partial charge in [-0.3, -0.25) is 24.2 Å². The monoisotopic (exact) mass is 512 g/mol. The van der Waals surface area contributed by atoms with Gasteiger partial charge < -0.3 is 15.5 Å². The Morgan fingerprint density at radius 1 is 1.26 bits per heavy atom. The summed E-state index contributed by atoms with van der Waals surface area (Å²) < 4.78 is 15.5. The number of rotatable bonds is 5. The van der Waals surface area contributed by atoms with Crippen molar-refractivity contribution < 1.29 is 23.6 Å². The number of pyridine rings is 1. The Morgan fingerprint density at radius 3 is 2.74 bits per heavy atom. The maximum absolute atomic E-state index is 15.5. The van der Waals surface area contributed by atoms with Crippen LogP contribution >= 0.6 is 11.6 Å². The average molecular weight is 513 g/mol. The number of halogens is 2. The highest BCUT2D eigenvalue weighted by atomic mass is 35.5. The summed E-state index contributed by atoms with van der Waals surface area (Å²) in [5, 5.41) is 5.53. The van der Waals surface area contributed by atoms with Crippen molar-refractivity contribution in [2.75, 3.05) is 0 Å². The lowest BCUT2D eigenvalue weighted by molar-refractivity contribution is -0.119. The third-order valence-corrected chi connectivity index (χ3v) is 8.34. The van der Waals surface area contributed by atoms with Crippen LogP contribution in [0.2, 0.25) is 5.02 Å². The van der Waals surface area contributed by atoms with Gasteiger partial charge in [-0.2, -0.15) is 0 Å². The van der Waals surface area contributed by atoms with Crippen molar-refractivity contribution in [3.05, 3.63) is 63.9 Å². The second kappa shape index (κ2) is 9.16. The molecule has 2 fully saturated rings. The van der Waals surface area contributed by atoms with E-state index in [1.807, 2.05) is 0 Å². The van der Waals surface area contributed by atoms with Crippen LogP contribution in [0.4, 0.5) is 9.18 Å². The van der Waals surface area contributed by atoms with E-state index in [1.54, 1.807) is 35.2 Å². The molecule has 1 saturated carbocycles. The summed E-state index contributed by atoms with van der Waals surface area (Å²) in [7, 11) is -0.238. The Balaban J connectivity index is 1.35. The number of benzene rings is 1. The van der Waals surface area contributed by atoms with Gasteiger partial charge in [0.25, 0.3) is 11.8 Å². The fourth-order valence-electron chi connectivity index (χ4n) is 4.73. The number of amides is 4. The predicted octanol–water partition coefficient (Wildman–Crippen LogP) is 3.11. The Hall–Kier alpha value is -3.11. The normalized spacial score (nSPS) is 22.1. The van der Waals surface area contributed by atoms with Crippen LogP contribution in [0, 0.1) is 0 Å². The quantitative estimate of drug-likeness (QED) is 0.598. The Kier molecular flexibility index (Phi) is 6.18. The van der Waals surface area contributed by atoms with Crippen LogP contribution in [0.25, 0.3) is 0 Å². The Bertz CT molecular complexity index is 1220. The van der Waals surface area contributed by atoms with Crippen molar-refractivity contribution in [1.29, 1.82) is 0 Å². The van der Waals surface area contributed by atoms with Crippen molar-refractivity contribution in [3.8, 4) is 0 Å². The highest BCUT2D eigenvalue weighted by molar-refractivity contribution is 6.75. The Morgan fingerprint density at radius 2 is 2.06 bits per heavy atom. The van der Waals surface area contributed by atoms with E-state index in [-0.39, 0.29) is 45.5 Å². The minimum atomic E-state index is -1.58. The van der Waals surface area contributed by atoms with E-state index in [0.29, 0.717) is 46.7 Å². The minimum Gasteiger partial charge on any atom is -0.340 e. The number of carbonyl (C=O) groups is 4. The van der Waals surface area contributed by atoms with Gasteiger partial charge >= 0.3 is 0 Å². The molecule has 3 heterocycles. The molecule has 1 aliphatic carbocycles. The van der Waals surface area contributed by atoms with E-state index in [1.165, 1.54) is 6.20 Å². The molecule has 1 aromatic carbocycles. The molecule has 8 nitrogen and oxygen atoms in total. The summed E-state index contributed by atoms with van der Waals surface area (Å²) in [6.45, 7) is 0.240. The molecule has 0 bridgehead atoms. The molecule has 35 heavy (non-hydrogen) atoms. The van der Waals surface area contributed by atoms with Gasteiger partial charge in [-0.25, -0.2) is 4.39 Å². The largest absolute Gasteiger partial charge is 0.340 e. The fraction of sp³-hybridized carbons (Fsp3) is 0.375. The number of alkyl halides is 1. The van der Waals surface area contributed by atoms with E-state index in [9.17, 15) is 19.2 Å². The molecule has 2 atom stereocenters. The molecule has 2 radical (unpaired) electrons. The van der Waals surface area contributed by atoms with Crippen LogP contribution in [0.5, 0.6) is 0 Å². The smallest absolute Gasteiger partial charge is 0.254 e. The van der Waals surface area contributed by atoms with Crippen molar-refractivity contribution in [2.45, 2.75) is 56.0 Å². The zero-order chi connectivity index (χ0) is 24.7. The summed E-state index contributed by atoms with van der Waals surface area (Å²) in [6, 6.07) is 7.06. The number of nitrogens with one attached hydrogen (secondary N) is 2. The standard InChI is InChI=1S/C24H22ClFN4O4Si/c25-15-3-5-17(27-11-15)20(24(26)8-1-9-24)29-21(32)13-2-4-16-14(10-13)12-30(22(16)33)19-7-6-18(31)28-23(34)35-19/h2-5,10-11,19-20H,1,6-9,12H2,(H,29,32)(H,28,31,34)/t19-,20-/m1/s1. The number of hydrogen-bond donors (Lipinski definition) is 2. The highest BCUT2D eigenvalue weighted by Gasteiger charge is 2.47.